The number of piperidine rings is 1. The van der Waals surface area contributed by atoms with Gasteiger partial charge in [0.05, 0.1) is 11.4 Å². The van der Waals surface area contributed by atoms with E-state index in [1.807, 2.05) is 13.0 Å². The van der Waals surface area contributed by atoms with Crippen molar-refractivity contribution in [2.75, 3.05) is 44.8 Å². The largest absolute Gasteiger partial charge is 0.385 e. The van der Waals surface area contributed by atoms with Crippen LogP contribution in [0.1, 0.15) is 45.6 Å². The summed E-state index contributed by atoms with van der Waals surface area (Å²) in [5.74, 6) is 0.337. The minimum atomic E-state index is -0.161. The summed E-state index contributed by atoms with van der Waals surface area (Å²) < 4.78 is 5.41. The van der Waals surface area contributed by atoms with E-state index in [9.17, 15) is 4.79 Å². The van der Waals surface area contributed by atoms with Gasteiger partial charge in [-0.05, 0) is 63.7 Å². The molecule has 7 nitrogen and oxygen atoms in total. The van der Waals surface area contributed by atoms with E-state index >= 15 is 0 Å². The molecule has 1 aromatic carbocycles. The summed E-state index contributed by atoms with van der Waals surface area (Å²) in [6.45, 7) is 18.1. The number of rotatable bonds is 11. The molecular formula is C29H41N5O2. The highest BCUT2D eigenvalue weighted by molar-refractivity contribution is 6.38. The van der Waals surface area contributed by atoms with Gasteiger partial charge in [0.25, 0.3) is 5.91 Å². The fourth-order valence-corrected chi connectivity index (χ4v) is 4.90. The van der Waals surface area contributed by atoms with Crippen molar-refractivity contribution in [3.8, 4) is 0 Å². The zero-order valence-corrected chi connectivity index (χ0v) is 22.3. The summed E-state index contributed by atoms with van der Waals surface area (Å²) in [4.78, 5) is 24.4. The van der Waals surface area contributed by atoms with Crippen LogP contribution < -0.4 is 15.5 Å². The first kappa shape index (κ1) is 27.6. The van der Waals surface area contributed by atoms with E-state index < -0.39 is 0 Å². The molecule has 36 heavy (non-hydrogen) atoms. The molecule has 0 aliphatic carbocycles. The lowest BCUT2D eigenvalue weighted by Crippen LogP contribution is -2.38. The van der Waals surface area contributed by atoms with Crippen LogP contribution in [0.15, 0.2) is 70.6 Å². The number of carbonyl (C=O) groups excluding carboxylic acids is 1. The number of carbonyl (C=O) groups is 1. The molecular weight excluding hydrogens is 450 g/mol. The molecule has 194 valence electrons. The van der Waals surface area contributed by atoms with Crippen LogP contribution in [0.5, 0.6) is 0 Å². The molecule has 0 spiro atoms. The van der Waals surface area contributed by atoms with Crippen molar-refractivity contribution in [3.05, 3.63) is 66.2 Å². The fraction of sp³-hybridized carbons (Fsp3) is 0.483. The first-order valence-electron chi connectivity index (χ1n) is 12.8. The van der Waals surface area contributed by atoms with Gasteiger partial charge in [0, 0.05) is 44.1 Å². The lowest BCUT2D eigenvalue weighted by molar-refractivity contribution is -0.115. The average molecular weight is 492 g/mol. The summed E-state index contributed by atoms with van der Waals surface area (Å²) in [7, 11) is 1.73. The van der Waals surface area contributed by atoms with Crippen molar-refractivity contribution >= 4 is 23.5 Å². The number of para-hydroxylation sites is 1. The van der Waals surface area contributed by atoms with E-state index in [0.29, 0.717) is 41.9 Å². The highest BCUT2D eigenvalue weighted by Gasteiger charge is 2.40. The molecule has 0 saturated carbocycles. The van der Waals surface area contributed by atoms with Crippen molar-refractivity contribution in [2.45, 2.75) is 45.4 Å². The predicted molar refractivity (Wildman–Crippen MR) is 150 cm³/mol. The summed E-state index contributed by atoms with van der Waals surface area (Å²) >= 11 is 0. The second kappa shape index (κ2) is 12.8. The number of aliphatic imine (C=N–C) groups is 2. The fourth-order valence-electron chi connectivity index (χ4n) is 4.90. The Bertz CT molecular complexity index is 1050. The Morgan fingerprint density at radius 3 is 2.72 bits per heavy atom. The summed E-state index contributed by atoms with van der Waals surface area (Å²) in [6, 6.07) is 8.39. The normalized spacial score (nSPS) is 21.3. The molecule has 3 rings (SSSR count). The molecule has 1 atom stereocenters. The minimum Gasteiger partial charge on any atom is -0.385 e. The monoisotopic (exact) mass is 491 g/mol. The average Bonchev–Trinajstić information content (AvgIpc) is 3.20. The van der Waals surface area contributed by atoms with Gasteiger partial charge in [-0.25, -0.2) is 4.99 Å². The summed E-state index contributed by atoms with van der Waals surface area (Å²) in [6.07, 6.45) is 6.29. The molecule has 0 radical (unpaired) electrons. The highest BCUT2D eigenvalue weighted by Crippen LogP contribution is 2.45. The van der Waals surface area contributed by atoms with Crippen molar-refractivity contribution in [3.63, 3.8) is 0 Å². The maximum atomic E-state index is 12.9. The van der Waals surface area contributed by atoms with Crippen LogP contribution in [0.25, 0.3) is 0 Å². The van der Waals surface area contributed by atoms with Gasteiger partial charge in [-0.15, -0.1) is 0 Å². The number of fused-ring (bicyclic) bond motifs is 1. The van der Waals surface area contributed by atoms with Crippen LogP contribution in [-0.4, -0.2) is 57.7 Å². The molecule has 2 N–H and O–H groups in total. The Labute approximate surface area is 216 Å². The number of nitrogens with zero attached hydrogens (tertiary/aromatic N) is 3. The van der Waals surface area contributed by atoms with E-state index in [-0.39, 0.29) is 11.3 Å². The Kier molecular flexibility index (Phi) is 9.79. The third kappa shape index (κ3) is 6.59. The molecule has 0 aromatic heterocycles. The topological polar surface area (TPSA) is 78.3 Å². The quantitative estimate of drug-likeness (QED) is 0.356. The van der Waals surface area contributed by atoms with Crippen LogP contribution >= 0.6 is 0 Å². The van der Waals surface area contributed by atoms with Gasteiger partial charge in [0.15, 0.2) is 0 Å². The van der Waals surface area contributed by atoms with Crippen molar-refractivity contribution in [1.82, 2.24) is 10.6 Å². The molecule has 2 aliphatic heterocycles. The number of anilines is 1. The first-order valence-corrected chi connectivity index (χ1v) is 12.8. The molecule has 1 fully saturated rings. The SMILES string of the molecule is C=CC=N/C(C)=C(/N=C(C)C(=O)NCC1CCNCC1)C(=C)N1CC(C)(CCOC)c2ccccc21. The van der Waals surface area contributed by atoms with Gasteiger partial charge in [0.2, 0.25) is 0 Å². The molecule has 1 saturated heterocycles. The van der Waals surface area contributed by atoms with Gasteiger partial charge in [0.1, 0.15) is 11.4 Å². The summed E-state index contributed by atoms with van der Waals surface area (Å²) in [5, 5.41) is 6.43. The van der Waals surface area contributed by atoms with Crippen molar-refractivity contribution < 1.29 is 9.53 Å². The van der Waals surface area contributed by atoms with E-state index in [2.05, 4.69) is 58.8 Å². The number of amides is 1. The Balaban J connectivity index is 1.88. The molecule has 1 aromatic rings. The van der Waals surface area contributed by atoms with Crippen LogP contribution in [0, 0.1) is 5.92 Å². The lowest BCUT2D eigenvalue weighted by Gasteiger charge is -2.28. The van der Waals surface area contributed by atoms with Crippen molar-refractivity contribution in [1.29, 1.82) is 0 Å². The number of methoxy groups -OCH3 is 1. The van der Waals surface area contributed by atoms with Crippen LogP contribution in [0.3, 0.4) is 0 Å². The van der Waals surface area contributed by atoms with Gasteiger partial charge in [-0.2, -0.15) is 0 Å². The molecule has 1 unspecified atom stereocenters. The van der Waals surface area contributed by atoms with Gasteiger partial charge in [-0.1, -0.05) is 44.4 Å². The van der Waals surface area contributed by atoms with Gasteiger partial charge < -0.3 is 20.3 Å². The molecule has 2 heterocycles. The van der Waals surface area contributed by atoms with Gasteiger partial charge >= 0.3 is 0 Å². The zero-order chi connectivity index (χ0) is 26.1. The van der Waals surface area contributed by atoms with Crippen LogP contribution in [0.2, 0.25) is 0 Å². The smallest absolute Gasteiger partial charge is 0.265 e. The van der Waals surface area contributed by atoms with Crippen LogP contribution in [-0.2, 0) is 14.9 Å². The van der Waals surface area contributed by atoms with E-state index in [1.54, 1.807) is 26.3 Å². The molecule has 2 aliphatic rings. The van der Waals surface area contributed by atoms with E-state index in [4.69, 9.17) is 9.73 Å². The molecule has 7 heteroatoms. The standard InChI is InChI=1S/C29H41N5O2/c1-7-15-31-21(2)27(33-22(3)28(35)32-19-24-12-16-30-17-13-24)23(4)34-20-29(5,14-18-36-6)25-10-8-9-11-26(25)34/h7-11,15,24,30H,1,4,12-14,16-20H2,2-3,5-6H3,(H,32,35)/b27-21+,31-15?,33-22?. The number of allylic oxidation sites excluding steroid dienone is 2. The number of hydrogen-bond donors (Lipinski definition) is 2. The number of ether oxygens (including phenoxy) is 1. The highest BCUT2D eigenvalue weighted by atomic mass is 16.5. The van der Waals surface area contributed by atoms with Crippen molar-refractivity contribution in [2.24, 2.45) is 15.9 Å². The molecule has 1 amide bonds. The maximum Gasteiger partial charge on any atom is 0.265 e. The third-order valence-electron chi connectivity index (χ3n) is 7.14. The van der Waals surface area contributed by atoms with E-state index in [1.165, 1.54) is 5.56 Å². The number of nitrogens with one attached hydrogen (secondary N) is 2. The molecule has 0 bridgehead atoms. The Morgan fingerprint density at radius 2 is 2.03 bits per heavy atom. The van der Waals surface area contributed by atoms with E-state index in [0.717, 1.165) is 44.6 Å². The summed E-state index contributed by atoms with van der Waals surface area (Å²) in [5.41, 5.74) is 4.64. The number of benzene rings is 1. The minimum absolute atomic E-state index is 0.0933. The lowest BCUT2D eigenvalue weighted by atomic mass is 9.82. The maximum absolute atomic E-state index is 12.9. The van der Waals surface area contributed by atoms with Gasteiger partial charge in [-0.3, -0.25) is 9.79 Å². The zero-order valence-electron chi connectivity index (χ0n) is 22.3. The second-order valence-corrected chi connectivity index (χ2v) is 9.90. The first-order chi connectivity index (χ1) is 17.3. The predicted octanol–water partition coefficient (Wildman–Crippen LogP) is 4.38. The second-order valence-electron chi connectivity index (χ2n) is 9.90. The third-order valence-corrected chi connectivity index (χ3v) is 7.14. The Morgan fingerprint density at radius 1 is 1.31 bits per heavy atom. The van der Waals surface area contributed by atoms with Crippen LogP contribution in [0.4, 0.5) is 5.69 Å². The Hall–Kier alpha value is -3.03. The number of hydrogen-bond acceptors (Lipinski definition) is 6.